The summed E-state index contributed by atoms with van der Waals surface area (Å²) in [5.74, 6) is 2.08. The zero-order valence-electron chi connectivity index (χ0n) is 12.4. The van der Waals surface area contributed by atoms with Gasteiger partial charge in [0.15, 0.2) is 0 Å². The SMILES string of the molecule is C.CCCN(C)CCCCCC1CCC(C)CC1. The molecule has 0 aliphatic heterocycles. The van der Waals surface area contributed by atoms with Crippen molar-refractivity contribution < 1.29 is 0 Å². The van der Waals surface area contributed by atoms with Crippen LogP contribution in [-0.4, -0.2) is 25.0 Å². The second-order valence-corrected chi connectivity index (χ2v) is 6.28. The quantitative estimate of drug-likeness (QED) is 0.528. The second-order valence-electron chi connectivity index (χ2n) is 6.28. The summed E-state index contributed by atoms with van der Waals surface area (Å²) in [5.41, 5.74) is 0. The normalized spacial score (nSPS) is 24.0. The zero-order valence-corrected chi connectivity index (χ0v) is 12.4. The van der Waals surface area contributed by atoms with Gasteiger partial charge in [-0.15, -0.1) is 0 Å². The van der Waals surface area contributed by atoms with Crippen molar-refractivity contribution in [2.24, 2.45) is 11.8 Å². The summed E-state index contributed by atoms with van der Waals surface area (Å²) in [6.07, 6.45) is 13.1. The number of unbranched alkanes of at least 4 members (excludes halogenated alkanes) is 2. The Morgan fingerprint density at radius 2 is 1.61 bits per heavy atom. The maximum atomic E-state index is 2.47. The highest BCUT2D eigenvalue weighted by Crippen LogP contribution is 2.31. The standard InChI is InChI=1S/C16H33N.CH4/c1-4-13-17(3)14-7-5-6-8-16-11-9-15(2)10-12-16;/h15-16H,4-14H2,1-3H3;1H4. The van der Waals surface area contributed by atoms with Crippen molar-refractivity contribution in [3.8, 4) is 0 Å². The summed E-state index contributed by atoms with van der Waals surface area (Å²) < 4.78 is 0. The van der Waals surface area contributed by atoms with Crippen LogP contribution in [0.1, 0.15) is 79.1 Å². The number of rotatable bonds is 8. The van der Waals surface area contributed by atoms with Crippen molar-refractivity contribution in [2.45, 2.75) is 79.1 Å². The summed E-state index contributed by atoms with van der Waals surface area (Å²) in [6, 6.07) is 0. The van der Waals surface area contributed by atoms with E-state index in [0.717, 1.165) is 11.8 Å². The molecule has 0 saturated heterocycles. The third-order valence-corrected chi connectivity index (χ3v) is 4.39. The molecule has 1 fully saturated rings. The number of hydrogen-bond donors (Lipinski definition) is 0. The Hall–Kier alpha value is -0.0400. The van der Waals surface area contributed by atoms with Crippen LogP contribution >= 0.6 is 0 Å². The van der Waals surface area contributed by atoms with E-state index in [1.165, 1.54) is 70.9 Å². The molecule has 1 nitrogen and oxygen atoms in total. The van der Waals surface area contributed by atoms with Crippen LogP contribution in [0, 0.1) is 11.8 Å². The van der Waals surface area contributed by atoms with Crippen molar-refractivity contribution in [3.63, 3.8) is 0 Å². The Morgan fingerprint density at radius 1 is 0.944 bits per heavy atom. The predicted octanol–water partition coefficient (Wildman–Crippen LogP) is 5.35. The van der Waals surface area contributed by atoms with Gasteiger partial charge in [-0.25, -0.2) is 0 Å². The smallest absolute Gasteiger partial charge is 0.00218 e. The van der Waals surface area contributed by atoms with E-state index in [2.05, 4.69) is 25.8 Å². The van der Waals surface area contributed by atoms with Crippen LogP contribution in [0.3, 0.4) is 0 Å². The first-order valence-corrected chi connectivity index (χ1v) is 7.91. The highest BCUT2D eigenvalue weighted by Gasteiger charge is 2.17. The van der Waals surface area contributed by atoms with Crippen LogP contribution in [0.5, 0.6) is 0 Å². The average Bonchev–Trinajstić information content (AvgIpc) is 2.31. The highest BCUT2D eigenvalue weighted by molar-refractivity contribution is 4.70. The molecule has 0 atom stereocenters. The molecule has 0 aromatic carbocycles. The zero-order chi connectivity index (χ0) is 12.5. The van der Waals surface area contributed by atoms with E-state index in [9.17, 15) is 0 Å². The van der Waals surface area contributed by atoms with Gasteiger partial charge in [0.25, 0.3) is 0 Å². The van der Waals surface area contributed by atoms with E-state index in [1.54, 1.807) is 0 Å². The maximum absolute atomic E-state index is 2.47. The van der Waals surface area contributed by atoms with Gasteiger partial charge in [-0.3, -0.25) is 0 Å². The largest absolute Gasteiger partial charge is 0.306 e. The van der Waals surface area contributed by atoms with Crippen LogP contribution in [0.25, 0.3) is 0 Å². The Labute approximate surface area is 116 Å². The van der Waals surface area contributed by atoms with Gasteiger partial charge in [0, 0.05) is 0 Å². The van der Waals surface area contributed by atoms with Gasteiger partial charge in [-0.1, -0.05) is 66.2 Å². The molecule has 1 aliphatic carbocycles. The fraction of sp³-hybridized carbons (Fsp3) is 1.00. The first-order chi connectivity index (χ1) is 8.22. The van der Waals surface area contributed by atoms with Crippen molar-refractivity contribution >= 4 is 0 Å². The first-order valence-electron chi connectivity index (χ1n) is 7.91. The monoisotopic (exact) mass is 255 g/mol. The van der Waals surface area contributed by atoms with Gasteiger partial charge in [-0.05, 0) is 44.8 Å². The van der Waals surface area contributed by atoms with Crippen molar-refractivity contribution in [2.75, 3.05) is 20.1 Å². The van der Waals surface area contributed by atoms with Crippen molar-refractivity contribution in [1.29, 1.82) is 0 Å². The molecule has 0 bridgehead atoms. The van der Waals surface area contributed by atoms with Crippen LogP contribution < -0.4 is 0 Å². The van der Waals surface area contributed by atoms with Crippen molar-refractivity contribution in [1.82, 2.24) is 4.90 Å². The lowest BCUT2D eigenvalue weighted by molar-refractivity contribution is 0.268. The molecular formula is C17H37N. The molecule has 0 spiro atoms. The molecule has 0 unspecified atom stereocenters. The molecule has 0 heterocycles. The van der Waals surface area contributed by atoms with E-state index in [1.807, 2.05) is 0 Å². The van der Waals surface area contributed by atoms with E-state index >= 15 is 0 Å². The number of hydrogen-bond acceptors (Lipinski definition) is 1. The van der Waals surface area contributed by atoms with Crippen LogP contribution in [-0.2, 0) is 0 Å². The second kappa shape index (κ2) is 10.8. The molecule has 1 aliphatic rings. The van der Waals surface area contributed by atoms with Gasteiger partial charge in [0.1, 0.15) is 0 Å². The summed E-state index contributed by atoms with van der Waals surface area (Å²) in [5, 5.41) is 0. The van der Waals surface area contributed by atoms with E-state index in [0.29, 0.717) is 0 Å². The Morgan fingerprint density at radius 3 is 2.22 bits per heavy atom. The van der Waals surface area contributed by atoms with E-state index in [4.69, 9.17) is 0 Å². The summed E-state index contributed by atoms with van der Waals surface area (Å²) in [6.45, 7) is 7.25. The van der Waals surface area contributed by atoms with Gasteiger partial charge in [-0.2, -0.15) is 0 Å². The lowest BCUT2D eigenvalue weighted by Crippen LogP contribution is -2.20. The summed E-state index contributed by atoms with van der Waals surface area (Å²) in [4.78, 5) is 2.47. The fourth-order valence-corrected chi connectivity index (χ4v) is 3.10. The summed E-state index contributed by atoms with van der Waals surface area (Å²) >= 11 is 0. The molecule has 0 radical (unpaired) electrons. The molecular weight excluding hydrogens is 218 g/mol. The van der Waals surface area contributed by atoms with Gasteiger partial charge < -0.3 is 4.90 Å². The predicted molar refractivity (Wildman–Crippen MR) is 84.1 cm³/mol. The highest BCUT2D eigenvalue weighted by atomic mass is 15.1. The molecule has 0 aromatic heterocycles. The number of nitrogens with zero attached hydrogens (tertiary/aromatic N) is 1. The molecule has 0 aromatic rings. The molecule has 18 heavy (non-hydrogen) atoms. The third-order valence-electron chi connectivity index (χ3n) is 4.39. The molecule has 1 rings (SSSR count). The first kappa shape index (κ1) is 18.0. The topological polar surface area (TPSA) is 3.24 Å². The fourth-order valence-electron chi connectivity index (χ4n) is 3.10. The summed E-state index contributed by atoms with van der Waals surface area (Å²) in [7, 11) is 2.26. The molecule has 110 valence electrons. The van der Waals surface area contributed by atoms with Crippen LogP contribution in [0.2, 0.25) is 0 Å². The lowest BCUT2D eigenvalue weighted by Gasteiger charge is -2.26. The Balaban J connectivity index is 0.00000289. The molecule has 0 amide bonds. The van der Waals surface area contributed by atoms with Crippen LogP contribution in [0.4, 0.5) is 0 Å². The Kier molecular flexibility index (Phi) is 10.8. The van der Waals surface area contributed by atoms with Gasteiger partial charge in [0.2, 0.25) is 0 Å². The van der Waals surface area contributed by atoms with Gasteiger partial charge in [0.05, 0.1) is 0 Å². The van der Waals surface area contributed by atoms with Crippen LogP contribution in [0.15, 0.2) is 0 Å². The molecule has 0 N–H and O–H groups in total. The van der Waals surface area contributed by atoms with E-state index < -0.39 is 0 Å². The minimum absolute atomic E-state index is 0. The minimum Gasteiger partial charge on any atom is -0.306 e. The molecule has 1 heteroatoms. The van der Waals surface area contributed by atoms with Gasteiger partial charge >= 0.3 is 0 Å². The third kappa shape index (κ3) is 8.13. The molecule has 1 saturated carbocycles. The lowest BCUT2D eigenvalue weighted by atomic mass is 9.80. The van der Waals surface area contributed by atoms with E-state index in [-0.39, 0.29) is 7.43 Å². The minimum atomic E-state index is 0. The maximum Gasteiger partial charge on any atom is -0.00218 e. The van der Waals surface area contributed by atoms with Crippen molar-refractivity contribution in [3.05, 3.63) is 0 Å². The average molecular weight is 255 g/mol. The Bertz CT molecular complexity index is 170.